The van der Waals surface area contributed by atoms with Crippen molar-refractivity contribution in [3.05, 3.63) is 22.2 Å². The lowest BCUT2D eigenvalue weighted by Crippen LogP contribution is -2.34. The standard InChI is InChI=1S/C12H19Cl2N3O3S/c1-17(7-8-20-2)6-5-16-21(18,19)10-4-3-9(13)12(15)11(10)14/h3-4,16H,5-8,15H2,1-2H3. The molecule has 0 fully saturated rings. The Morgan fingerprint density at radius 2 is 2.00 bits per heavy atom. The van der Waals surface area contributed by atoms with E-state index in [1.807, 2.05) is 11.9 Å². The van der Waals surface area contributed by atoms with E-state index in [2.05, 4.69) is 4.72 Å². The maximum Gasteiger partial charge on any atom is 0.242 e. The average Bonchev–Trinajstić information content (AvgIpc) is 2.42. The minimum absolute atomic E-state index is 0.0541. The van der Waals surface area contributed by atoms with Gasteiger partial charge in [0, 0.05) is 26.7 Å². The molecule has 0 heterocycles. The molecule has 0 saturated carbocycles. The monoisotopic (exact) mass is 355 g/mol. The fourth-order valence-corrected chi connectivity index (χ4v) is 3.35. The summed E-state index contributed by atoms with van der Waals surface area (Å²) in [5.41, 5.74) is 5.69. The highest BCUT2D eigenvalue weighted by atomic mass is 35.5. The molecule has 0 atom stereocenters. The molecule has 9 heteroatoms. The Morgan fingerprint density at radius 3 is 2.62 bits per heavy atom. The van der Waals surface area contributed by atoms with Crippen molar-refractivity contribution in [3.8, 4) is 0 Å². The summed E-state index contributed by atoms with van der Waals surface area (Å²) >= 11 is 11.7. The van der Waals surface area contributed by atoms with Crippen molar-refractivity contribution in [2.45, 2.75) is 4.90 Å². The maximum absolute atomic E-state index is 12.2. The lowest BCUT2D eigenvalue weighted by atomic mass is 10.3. The number of likely N-dealkylation sites (N-methyl/N-ethyl adjacent to an activating group) is 1. The number of nitrogens with two attached hydrogens (primary N) is 1. The number of nitrogens with zero attached hydrogens (tertiary/aromatic N) is 1. The molecule has 0 aromatic heterocycles. The van der Waals surface area contributed by atoms with Gasteiger partial charge in [-0.25, -0.2) is 13.1 Å². The van der Waals surface area contributed by atoms with Gasteiger partial charge in [-0.2, -0.15) is 0 Å². The Bertz CT molecular complexity index is 581. The van der Waals surface area contributed by atoms with E-state index in [0.717, 1.165) is 0 Å². The number of hydrogen-bond donors (Lipinski definition) is 2. The van der Waals surface area contributed by atoms with Gasteiger partial charge in [0.1, 0.15) is 4.90 Å². The number of nitrogens with one attached hydrogen (secondary N) is 1. The lowest BCUT2D eigenvalue weighted by Gasteiger charge is -2.16. The number of methoxy groups -OCH3 is 1. The number of ether oxygens (including phenoxy) is 1. The smallest absolute Gasteiger partial charge is 0.242 e. The quantitative estimate of drug-likeness (QED) is 0.689. The van der Waals surface area contributed by atoms with Crippen LogP contribution in [0.5, 0.6) is 0 Å². The SMILES string of the molecule is COCCN(C)CCNS(=O)(=O)c1ccc(Cl)c(N)c1Cl. The molecule has 3 N–H and O–H groups in total. The second-order valence-electron chi connectivity index (χ2n) is 4.47. The van der Waals surface area contributed by atoms with E-state index in [9.17, 15) is 8.42 Å². The van der Waals surface area contributed by atoms with Crippen molar-refractivity contribution in [1.29, 1.82) is 0 Å². The van der Waals surface area contributed by atoms with Gasteiger partial charge in [0.2, 0.25) is 10.0 Å². The normalized spacial score (nSPS) is 12.0. The zero-order valence-electron chi connectivity index (χ0n) is 11.9. The molecule has 0 aliphatic carbocycles. The van der Waals surface area contributed by atoms with Gasteiger partial charge in [-0.3, -0.25) is 0 Å². The summed E-state index contributed by atoms with van der Waals surface area (Å²) in [6, 6.07) is 2.74. The van der Waals surface area contributed by atoms with Crippen LogP contribution in [0, 0.1) is 0 Å². The van der Waals surface area contributed by atoms with Gasteiger partial charge in [-0.05, 0) is 19.2 Å². The predicted molar refractivity (Wildman–Crippen MR) is 85.4 cm³/mol. The Balaban J connectivity index is 2.68. The number of halogens is 2. The number of rotatable bonds is 8. The zero-order chi connectivity index (χ0) is 16.0. The van der Waals surface area contributed by atoms with Crippen LogP contribution in [0.2, 0.25) is 10.0 Å². The van der Waals surface area contributed by atoms with Crippen molar-refractivity contribution in [2.75, 3.05) is 46.1 Å². The molecule has 1 aromatic rings. The van der Waals surface area contributed by atoms with Crippen LogP contribution in [0.4, 0.5) is 5.69 Å². The van der Waals surface area contributed by atoms with Gasteiger partial charge in [-0.1, -0.05) is 23.2 Å². The van der Waals surface area contributed by atoms with Gasteiger partial charge in [0.15, 0.2) is 0 Å². The van der Waals surface area contributed by atoms with Crippen LogP contribution in [0.1, 0.15) is 0 Å². The van der Waals surface area contributed by atoms with Crippen LogP contribution in [0.3, 0.4) is 0 Å². The van der Waals surface area contributed by atoms with Crippen LogP contribution in [0.15, 0.2) is 17.0 Å². The third-order valence-corrected chi connectivity index (χ3v) is 5.20. The first-order valence-electron chi connectivity index (χ1n) is 6.20. The first-order chi connectivity index (χ1) is 9.79. The summed E-state index contributed by atoms with van der Waals surface area (Å²) in [7, 11) is -0.235. The van der Waals surface area contributed by atoms with Crippen molar-refractivity contribution >= 4 is 38.9 Å². The molecule has 1 rings (SSSR count). The summed E-state index contributed by atoms with van der Waals surface area (Å²) in [6.45, 7) is 2.10. The van der Waals surface area contributed by atoms with Crippen molar-refractivity contribution in [2.24, 2.45) is 0 Å². The molecule has 1 aromatic carbocycles. The van der Waals surface area contributed by atoms with E-state index in [0.29, 0.717) is 19.7 Å². The first kappa shape index (κ1) is 18.5. The first-order valence-corrected chi connectivity index (χ1v) is 8.44. The highest BCUT2D eigenvalue weighted by Crippen LogP contribution is 2.32. The zero-order valence-corrected chi connectivity index (χ0v) is 14.2. The highest BCUT2D eigenvalue weighted by molar-refractivity contribution is 7.89. The molecule has 0 unspecified atom stereocenters. The summed E-state index contributed by atoms with van der Waals surface area (Å²) in [5.74, 6) is 0. The number of nitrogen functional groups attached to an aromatic ring is 1. The Kier molecular flexibility index (Phi) is 7.19. The second kappa shape index (κ2) is 8.17. The minimum Gasteiger partial charge on any atom is -0.396 e. The third-order valence-electron chi connectivity index (χ3n) is 2.84. The summed E-state index contributed by atoms with van der Waals surface area (Å²) in [4.78, 5) is 1.87. The number of sulfonamides is 1. The molecule has 21 heavy (non-hydrogen) atoms. The van der Waals surface area contributed by atoms with Crippen LogP contribution < -0.4 is 10.5 Å². The van der Waals surface area contributed by atoms with E-state index in [1.54, 1.807) is 7.11 Å². The molecule has 0 amide bonds. The molecular weight excluding hydrogens is 337 g/mol. The number of hydrogen-bond acceptors (Lipinski definition) is 5. The van der Waals surface area contributed by atoms with Gasteiger partial charge < -0.3 is 15.4 Å². The summed E-state index contributed by atoms with van der Waals surface area (Å²) in [6.07, 6.45) is 0. The van der Waals surface area contributed by atoms with Crippen LogP contribution >= 0.6 is 23.2 Å². The Hall–Kier alpha value is -0.570. The van der Waals surface area contributed by atoms with Gasteiger partial charge in [0.05, 0.1) is 22.3 Å². The second-order valence-corrected chi connectivity index (χ2v) is 6.99. The van der Waals surface area contributed by atoms with E-state index in [-0.39, 0.29) is 27.2 Å². The molecule has 120 valence electrons. The van der Waals surface area contributed by atoms with Gasteiger partial charge in [0.25, 0.3) is 0 Å². The third kappa shape index (κ3) is 5.28. The average molecular weight is 356 g/mol. The largest absolute Gasteiger partial charge is 0.396 e. The number of benzene rings is 1. The maximum atomic E-state index is 12.2. The Morgan fingerprint density at radius 1 is 1.33 bits per heavy atom. The van der Waals surface area contributed by atoms with Crippen LogP contribution in [0.25, 0.3) is 0 Å². The van der Waals surface area contributed by atoms with Gasteiger partial charge >= 0.3 is 0 Å². The van der Waals surface area contributed by atoms with Crippen molar-refractivity contribution in [1.82, 2.24) is 9.62 Å². The topological polar surface area (TPSA) is 84.7 Å². The highest BCUT2D eigenvalue weighted by Gasteiger charge is 2.20. The molecule has 0 bridgehead atoms. The van der Waals surface area contributed by atoms with E-state index < -0.39 is 10.0 Å². The fourth-order valence-electron chi connectivity index (χ4n) is 1.56. The van der Waals surface area contributed by atoms with Crippen LogP contribution in [-0.2, 0) is 14.8 Å². The van der Waals surface area contributed by atoms with Crippen molar-refractivity contribution in [3.63, 3.8) is 0 Å². The van der Waals surface area contributed by atoms with E-state index >= 15 is 0 Å². The van der Waals surface area contributed by atoms with E-state index in [1.165, 1.54) is 12.1 Å². The predicted octanol–water partition coefficient (Wildman–Crippen LogP) is 1.43. The fraction of sp³-hybridized carbons (Fsp3) is 0.500. The van der Waals surface area contributed by atoms with Crippen LogP contribution in [-0.4, -0.2) is 53.7 Å². The summed E-state index contributed by atoms with van der Waals surface area (Å²) in [5, 5.41) is 0.154. The van der Waals surface area contributed by atoms with E-state index in [4.69, 9.17) is 33.7 Å². The van der Waals surface area contributed by atoms with Gasteiger partial charge in [-0.15, -0.1) is 0 Å². The molecule has 0 spiro atoms. The van der Waals surface area contributed by atoms with Crippen molar-refractivity contribution < 1.29 is 13.2 Å². The lowest BCUT2D eigenvalue weighted by molar-refractivity contribution is 0.162. The molecule has 0 radical (unpaired) electrons. The molecule has 0 aliphatic heterocycles. The number of anilines is 1. The molecule has 6 nitrogen and oxygen atoms in total. The summed E-state index contributed by atoms with van der Waals surface area (Å²) < 4.78 is 31.8. The Labute approximate surface area is 135 Å². The minimum atomic E-state index is -3.72. The molecular formula is C12H19Cl2N3O3S. The molecule has 0 saturated heterocycles. The molecule has 0 aliphatic rings.